The van der Waals surface area contributed by atoms with E-state index in [0.29, 0.717) is 22.2 Å². The van der Waals surface area contributed by atoms with Gasteiger partial charge in [0.1, 0.15) is 5.82 Å². The molecule has 1 aromatic heterocycles. The van der Waals surface area contributed by atoms with Crippen LogP contribution in [0.3, 0.4) is 0 Å². The van der Waals surface area contributed by atoms with Crippen molar-refractivity contribution in [1.82, 2.24) is 15.2 Å². The van der Waals surface area contributed by atoms with Gasteiger partial charge in [-0.1, -0.05) is 30.3 Å². The van der Waals surface area contributed by atoms with Crippen molar-refractivity contribution in [3.8, 4) is 11.3 Å². The number of carbonyl (C=O) groups excluding carboxylic acids is 2. The van der Waals surface area contributed by atoms with E-state index in [1.807, 2.05) is 51.1 Å². The lowest BCUT2D eigenvalue weighted by Gasteiger charge is -2.24. The summed E-state index contributed by atoms with van der Waals surface area (Å²) >= 11 is 0. The van der Waals surface area contributed by atoms with Gasteiger partial charge in [-0.2, -0.15) is 0 Å². The topological polar surface area (TPSA) is 62.3 Å². The first-order valence-electron chi connectivity index (χ1n) is 9.36. The molecule has 0 fully saturated rings. The summed E-state index contributed by atoms with van der Waals surface area (Å²) < 4.78 is 13.8. The minimum atomic E-state index is -0.425. The van der Waals surface area contributed by atoms with Crippen LogP contribution in [0, 0.1) is 5.82 Å². The molecular weight excluding hydrogens is 369 g/mol. The summed E-state index contributed by atoms with van der Waals surface area (Å²) in [5, 5.41) is 3.38. The largest absolute Gasteiger partial charge is 0.350 e. The summed E-state index contributed by atoms with van der Waals surface area (Å²) in [4.78, 5) is 31.3. The summed E-state index contributed by atoms with van der Waals surface area (Å²) in [6.07, 6.45) is 0. The van der Waals surface area contributed by atoms with Crippen LogP contribution in [0.5, 0.6) is 0 Å². The summed E-state index contributed by atoms with van der Waals surface area (Å²) in [6, 6.07) is 15.2. The SMILES string of the molecule is CN(CC(=O)NC(C)(C)C)C(=O)c1cc(-c2ccccc2)nc2cc(F)ccc12. The number of fused-ring (bicyclic) bond motifs is 1. The molecule has 0 spiro atoms. The molecule has 0 aliphatic heterocycles. The third-order valence-corrected chi connectivity index (χ3v) is 4.31. The normalized spacial score (nSPS) is 11.3. The van der Waals surface area contributed by atoms with Crippen LogP contribution in [0.25, 0.3) is 22.2 Å². The van der Waals surface area contributed by atoms with Gasteiger partial charge in [0.2, 0.25) is 5.91 Å². The highest BCUT2D eigenvalue weighted by Gasteiger charge is 2.21. The molecule has 0 radical (unpaired) electrons. The molecule has 1 heterocycles. The van der Waals surface area contributed by atoms with Gasteiger partial charge in [-0.05, 0) is 39.0 Å². The number of rotatable bonds is 4. The van der Waals surface area contributed by atoms with Gasteiger partial charge in [0, 0.05) is 29.6 Å². The van der Waals surface area contributed by atoms with E-state index in [9.17, 15) is 14.0 Å². The number of nitrogens with zero attached hydrogens (tertiary/aromatic N) is 2. The van der Waals surface area contributed by atoms with E-state index in [2.05, 4.69) is 10.3 Å². The molecular formula is C23H24FN3O2. The number of likely N-dealkylation sites (N-methyl/N-ethyl adjacent to an activating group) is 1. The van der Waals surface area contributed by atoms with Crippen LogP contribution in [0.2, 0.25) is 0 Å². The highest BCUT2D eigenvalue weighted by atomic mass is 19.1. The number of amides is 2. The Kier molecular flexibility index (Phi) is 5.64. The standard InChI is InChI=1S/C23H24FN3O2/c1-23(2,3)26-21(28)14-27(4)22(29)18-13-19(15-8-6-5-7-9-15)25-20-12-16(24)10-11-17(18)20/h5-13H,14H2,1-4H3,(H,26,28). The van der Waals surface area contributed by atoms with Crippen molar-refractivity contribution in [2.45, 2.75) is 26.3 Å². The fourth-order valence-corrected chi connectivity index (χ4v) is 3.09. The molecule has 0 saturated heterocycles. The summed E-state index contributed by atoms with van der Waals surface area (Å²) in [5.41, 5.74) is 1.77. The molecule has 29 heavy (non-hydrogen) atoms. The minimum absolute atomic E-state index is 0.0816. The molecule has 5 nitrogen and oxygen atoms in total. The van der Waals surface area contributed by atoms with Crippen molar-refractivity contribution in [2.24, 2.45) is 0 Å². The van der Waals surface area contributed by atoms with Crippen molar-refractivity contribution >= 4 is 22.7 Å². The minimum Gasteiger partial charge on any atom is -0.350 e. The molecule has 0 atom stereocenters. The maximum absolute atomic E-state index is 13.8. The van der Waals surface area contributed by atoms with Crippen LogP contribution >= 0.6 is 0 Å². The van der Waals surface area contributed by atoms with E-state index in [0.717, 1.165) is 5.56 Å². The van der Waals surface area contributed by atoms with Crippen molar-refractivity contribution in [3.05, 3.63) is 66.0 Å². The van der Waals surface area contributed by atoms with Gasteiger partial charge in [-0.25, -0.2) is 9.37 Å². The average molecular weight is 393 g/mol. The van der Waals surface area contributed by atoms with Gasteiger partial charge in [-0.15, -0.1) is 0 Å². The fourth-order valence-electron chi connectivity index (χ4n) is 3.09. The highest BCUT2D eigenvalue weighted by molar-refractivity contribution is 6.07. The molecule has 3 rings (SSSR count). The lowest BCUT2D eigenvalue weighted by molar-refractivity contribution is -0.122. The predicted octanol–water partition coefficient (Wildman–Crippen LogP) is 4.03. The van der Waals surface area contributed by atoms with Crippen molar-refractivity contribution < 1.29 is 14.0 Å². The molecule has 6 heteroatoms. The molecule has 0 aliphatic rings. The third kappa shape index (κ3) is 4.96. The number of carbonyl (C=O) groups is 2. The Morgan fingerprint density at radius 2 is 1.76 bits per heavy atom. The Morgan fingerprint density at radius 3 is 2.41 bits per heavy atom. The summed E-state index contributed by atoms with van der Waals surface area (Å²) in [7, 11) is 1.57. The van der Waals surface area contributed by atoms with E-state index in [4.69, 9.17) is 0 Å². The lowest BCUT2D eigenvalue weighted by Crippen LogP contribution is -2.46. The van der Waals surface area contributed by atoms with Crippen LogP contribution in [-0.2, 0) is 4.79 Å². The van der Waals surface area contributed by atoms with Crippen LogP contribution < -0.4 is 5.32 Å². The lowest BCUT2D eigenvalue weighted by atomic mass is 10.0. The monoisotopic (exact) mass is 393 g/mol. The maximum Gasteiger partial charge on any atom is 0.254 e. The second-order valence-corrected chi connectivity index (χ2v) is 8.04. The first-order valence-corrected chi connectivity index (χ1v) is 9.36. The molecule has 1 N–H and O–H groups in total. The Hall–Kier alpha value is -3.28. The molecule has 0 unspecified atom stereocenters. The number of hydrogen-bond donors (Lipinski definition) is 1. The molecule has 0 bridgehead atoms. The molecule has 0 saturated carbocycles. The van der Waals surface area contributed by atoms with Gasteiger partial charge in [0.05, 0.1) is 23.3 Å². The quantitative estimate of drug-likeness (QED) is 0.728. The van der Waals surface area contributed by atoms with Gasteiger partial charge < -0.3 is 10.2 Å². The zero-order valence-corrected chi connectivity index (χ0v) is 17.0. The van der Waals surface area contributed by atoms with E-state index in [-0.39, 0.29) is 23.9 Å². The van der Waals surface area contributed by atoms with Crippen LogP contribution in [0.4, 0.5) is 4.39 Å². The van der Waals surface area contributed by atoms with E-state index >= 15 is 0 Å². The van der Waals surface area contributed by atoms with Gasteiger partial charge >= 0.3 is 0 Å². The highest BCUT2D eigenvalue weighted by Crippen LogP contribution is 2.26. The second kappa shape index (κ2) is 7.99. The van der Waals surface area contributed by atoms with Crippen LogP contribution in [0.1, 0.15) is 31.1 Å². The molecule has 3 aromatic rings. The number of halogens is 1. The second-order valence-electron chi connectivity index (χ2n) is 8.04. The van der Waals surface area contributed by atoms with Gasteiger partial charge in [0.15, 0.2) is 0 Å². The van der Waals surface area contributed by atoms with E-state index < -0.39 is 5.82 Å². The van der Waals surface area contributed by atoms with Crippen molar-refractivity contribution in [2.75, 3.05) is 13.6 Å². The molecule has 2 aromatic carbocycles. The Balaban J connectivity index is 2.00. The first kappa shape index (κ1) is 20.5. The number of hydrogen-bond acceptors (Lipinski definition) is 3. The molecule has 0 aliphatic carbocycles. The van der Waals surface area contributed by atoms with Crippen molar-refractivity contribution in [3.63, 3.8) is 0 Å². The zero-order valence-electron chi connectivity index (χ0n) is 17.0. The Morgan fingerprint density at radius 1 is 1.07 bits per heavy atom. The zero-order chi connectivity index (χ0) is 21.2. The average Bonchev–Trinajstić information content (AvgIpc) is 2.65. The summed E-state index contributed by atoms with van der Waals surface area (Å²) in [6.45, 7) is 5.55. The van der Waals surface area contributed by atoms with E-state index in [1.54, 1.807) is 19.2 Å². The number of aromatic nitrogens is 1. The van der Waals surface area contributed by atoms with Crippen molar-refractivity contribution in [1.29, 1.82) is 0 Å². The number of nitrogens with one attached hydrogen (secondary N) is 1. The van der Waals surface area contributed by atoms with E-state index in [1.165, 1.54) is 17.0 Å². The fraction of sp³-hybridized carbons (Fsp3) is 0.261. The van der Waals surface area contributed by atoms with Gasteiger partial charge in [0.25, 0.3) is 5.91 Å². The smallest absolute Gasteiger partial charge is 0.254 e. The van der Waals surface area contributed by atoms with Crippen LogP contribution in [0.15, 0.2) is 54.6 Å². The summed E-state index contributed by atoms with van der Waals surface area (Å²) in [5.74, 6) is -1.00. The first-order chi connectivity index (χ1) is 13.6. The molecule has 150 valence electrons. The predicted molar refractivity (Wildman–Crippen MR) is 112 cm³/mol. The number of benzene rings is 2. The molecule has 2 amide bonds. The number of pyridine rings is 1. The maximum atomic E-state index is 13.8. The Labute approximate surface area is 169 Å². The Bertz CT molecular complexity index is 1060. The van der Waals surface area contributed by atoms with Gasteiger partial charge in [-0.3, -0.25) is 9.59 Å². The van der Waals surface area contributed by atoms with Crippen LogP contribution in [-0.4, -0.2) is 40.8 Å². The third-order valence-electron chi connectivity index (χ3n) is 4.31.